The van der Waals surface area contributed by atoms with Crippen LogP contribution < -0.4 is 5.32 Å². The van der Waals surface area contributed by atoms with E-state index in [-0.39, 0.29) is 0 Å². The van der Waals surface area contributed by atoms with Gasteiger partial charge in [-0.1, -0.05) is 16.8 Å². The van der Waals surface area contributed by atoms with E-state index in [1.54, 1.807) is 0 Å². The highest BCUT2D eigenvalue weighted by atomic mass is 35.5. The summed E-state index contributed by atoms with van der Waals surface area (Å²) in [6.45, 7) is 2.72. The van der Waals surface area contributed by atoms with Gasteiger partial charge in [0.1, 0.15) is 5.69 Å². The zero-order chi connectivity index (χ0) is 11.5. The molecule has 0 bridgehead atoms. The van der Waals surface area contributed by atoms with Crippen LogP contribution in [0.15, 0.2) is 28.8 Å². The quantitative estimate of drug-likeness (QED) is 0.890. The molecule has 0 aliphatic rings. The molecule has 1 N–H and O–H groups in total. The van der Waals surface area contributed by atoms with Crippen molar-refractivity contribution in [2.24, 2.45) is 0 Å². The minimum atomic E-state index is 0.711. The second kappa shape index (κ2) is 4.68. The fourth-order valence-electron chi connectivity index (χ4n) is 1.57. The van der Waals surface area contributed by atoms with Gasteiger partial charge in [-0.3, -0.25) is 0 Å². The predicted molar refractivity (Wildman–Crippen MR) is 64.4 cm³/mol. The number of hydrogen-bond donors (Lipinski definition) is 1. The first-order valence-electron chi connectivity index (χ1n) is 5.08. The molecule has 0 spiro atoms. The van der Waals surface area contributed by atoms with E-state index in [0.717, 1.165) is 27.6 Å². The first kappa shape index (κ1) is 11.2. The Morgan fingerprint density at radius 2 is 2.00 bits per heavy atom. The molecule has 4 heteroatoms. The van der Waals surface area contributed by atoms with Crippen LogP contribution in [-0.4, -0.2) is 12.2 Å². The summed E-state index contributed by atoms with van der Waals surface area (Å²) in [5.41, 5.74) is 3.00. The van der Waals surface area contributed by atoms with Crippen LogP contribution in [0.4, 0.5) is 0 Å². The van der Waals surface area contributed by atoms with Crippen LogP contribution in [0.5, 0.6) is 0 Å². The van der Waals surface area contributed by atoms with Crippen molar-refractivity contribution in [1.29, 1.82) is 0 Å². The van der Waals surface area contributed by atoms with Gasteiger partial charge in [-0.2, -0.15) is 0 Å². The molecule has 2 aromatic rings. The van der Waals surface area contributed by atoms with E-state index in [2.05, 4.69) is 10.5 Å². The Balaban J connectivity index is 2.37. The van der Waals surface area contributed by atoms with Crippen molar-refractivity contribution in [1.82, 2.24) is 10.5 Å². The Hall–Kier alpha value is -1.32. The monoisotopic (exact) mass is 236 g/mol. The lowest BCUT2D eigenvalue weighted by Gasteiger charge is -1.98. The lowest BCUT2D eigenvalue weighted by Crippen LogP contribution is -2.06. The molecule has 16 heavy (non-hydrogen) atoms. The maximum atomic E-state index is 5.84. The lowest BCUT2D eigenvalue weighted by atomic mass is 10.1. The highest BCUT2D eigenvalue weighted by Gasteiger charge is 2.12. The molecule has 0 atom stereocenters. The van der Waals surface area contributed by atoms with Gasteiger partial charge in [-0.05, 0) is 38.2 Å². The average molecular weight is 237 g/mol. The molecular weight excluding hydrogens is 224 g/mol. The van der Waals surface area contributed by atoms with Crippen LogP contribution in [0, 0.1) is 6.92 Å². The van der Waals surface area contributed by atoms with Gasteiger partial charge in [-0.25, -0.2) is 0 Å². The van der Waals surface area contributed by atoms with Gasteiger partial charge in [0.25, 0.3) is 0 Å². The van der Waals surface area contributed by atoms with Crippen molar-refractivity contribution < 1.29 is 4.52 Å². The normalized spacial score (nSPS) is 10.7. The summed E-state index contributed by atoms with van der Waals surface area (Å²) in [7, 11) is 1.89. The van der Waals surface area contributed by atoms with Crippen LogP contribution in [0.3, 0.4) is 0 Å². The standard InChI is InChI=1S/C12H13ClN2O/c1-8-11(7-14-2)15-16-12(8)9-3-5-10(13)6-4-9/h3-6,14H,7H2,1-2H3. The third-order valence-corrected chi connectivity index (χ3v) is 2.72. The Morgan fingerprint density at radius 3 is 2.62 bits per heavy atom. The minimum Gasteiger partial charge on any atom is -0.356 e. The molecule has 0 saturated carbocycles. The molecule has 2 rings (SSSR count). The van der Waals surface area contributed by atoms with Gasteiger partial charge in [0.2, 0.25) is 0 Å². The van der Waals surface area contributed by atoms with Gasteiger partial charge in [0.15, 0.2) is 5.76 Å². The molecule has 1 heterocycles. The molecule has 0 saturated heterocycles. The number of rotatable bonds is 3. The second-order valence-corrected chi connectivity index (χ2v) is 4.06. The molecule has 0 amide bonds. The summed E-state index contributed by atoms with van der Waals surface area (Å²) < 4.78 is 5.34. The Morgan fingerprint density at radius 1 is 1.31 bits per heavy atom. The number of aromatic nitrogens is 1. The third-order valence-electron chi connectivity index (χ3n) is 2.47. The Labute approximate surface area is 99.4 Å². The zero-order valence-corrected chi connectivity index (χ0v) is 10.0. The van der Waals surface area contributed by atoms with E-state index >= 15 is 0 Å². The van der Waals surface area contributed by atoms with Gasteiger partial charge in [-0.15, -0.1) is 0 Å². The highest BCUT2D eigenvalue weighted by molar-refractivity contribution is 6.30. The van der Waals surface area contributed by atoms with Crippen molar-refractivity contribution in [2.45, 2.75) is 13.5 Å². The molecule has 0 aliphatic carbocycles. The van der Waals surface area contributed by atoms with Crippen molar-refractivity contribution >= 4 is 11.6 Å². The van der Waals surface area contributed by atoms with Gasteiger partial charge < -0.3 is 9.84 Å². The van der Waals surface area contributed by atoms with E-state index in [1.807, 2.05) is 38.2 Å². The Kier molecular flexibility index (Phi) is 3.27. The highest BCUT2D eigenvalue weighted by Crippen LogP contribution is 2.26. The predicted octanol–water partition coefficient (Wildman–Crippen LogP) is 3.02. The summed E-state index contributed by atoms with van der Waals surface area (Å²) in [6, 6.07) is 7.55. The molecule has 84 valence electrons. The van der Waals surface area contributed by atoms with Gasteiger partial charge >= 0.3 is 0 Å². The largest absolute Gasteiger partial charge is 0.356 e. The number of hydrogen-bond acceptors (Lipinski definition) is 3. The topological polar surface area (TPSA) is 38.1 Å². The van der Waals surface area contributed by atoms with Crippen LogP contribution in [0.2, 0.25) is 5.02 Å². The number of nitrogens with one attached hydrogen (secondary N) is 1. The summed E-state index contributed by atoms with van der Waals surface area (Å²) in [4.78, 5) is 0. The molecular formula is C12H13ClN2O. The third kappa shape index (κ3) is 2.10. The van der Waals surface area contributed by atoms with Crippen molar-refractivity contribution in [2.75, 3.05) is 7.05 Å². The van der Waals surface area contributed by atoms with Crippen molar-refractivity contribution in [3.8, 4) is 11.3 Å². The molecule has 0 radical (unpaired) electrons. The van der Waals surface area contributed by atoms with Crippen molar-refractivity contribution in [3.05, 3.63) is 40.5 Å². The van der Waals surface area contributed by atoms with Gasteiger partial charge in [0.05, 0.1) is 0 Å². The molecule has 1 aromatic heterocycles. The molecule has 0 unspecified atom stereocenters. The maximum absolute atomic E-state index is 5.84. The zero-order valence-electron chi connectivity index (χ0n) is 9.25. The minimum absolute atomic E-state index is 0.711. The van der Waals surface area contributed by atoms with E-state index in [4.69, 9.17) is 16.1 Å². The maximum Gasteiger partial charge on any atom is 0.170 e. The summed E-state index contributed by atoms with van der Waals surface area (Å²) in [5, 5.41) is 7.81. The SMILES string of the molecule is CNCc1noc(-c2ccc(Cl)cc2)c1C. The molecule has 0 fully saturated rings. The average Bonchev–Trinajstić information content (AvgIpc) is 2.63. The van der Waals surface area contributed by atoms with Crippen LogP contribution in [-0.2, 0) is 6.54 Å². The van der Waals surface area contributed by atoms with E-state index in [0.29, 0.717) is 6.54 Å². The molecule has 1 aromatic carbocycles. The van der Waals surface area contributed by atoms with E-state index in [9.17, 15) is 0 Å². The number of halogens is 1. The second-order valence-electron chi connectivity index (χ2n) is 3.62. The van der Waals surface area contributed by atoms with Gasteiger partial charge in [0, 0.05) is 22.7 Å². The number of nitrogens with zero attached hydrogens (tertiary/aromatic N) is 1. The van der Waals surface area contributed by atoms with Crippen LogP contribution in [0.1, 0.15) is 11.3 Å². The van der Waals surface area contributed by atoms with E-state index < -0.39 is 0 Å². The molecule has 3 nitrogen and oxygen atoms in total. The van der Waals surface area contributed by atoms with Crippen LogP contribution in [0.25, 0.3) is 11.3 Å². The fourth-order valence-corrected chi connectivity index (χ4v) is 1.70. The molecule has 0 aliphatic heterocycles. The first-order valence-corrected chi connectivity index (χ1v) is 5.46. The van der Waals surface area contributed by atoms with Crippen LogP contribution >= 0.6 is 11.6 Å². The van der Waals surface area contributed by atoms with E-state index in [1.165, 1.54) is 0 Å². The summed E-state index contributed by atoms with van der Waals surface area (Å²) in [6.07, 6.45) is 0. The lowest BCUT2D eigenvalue weighted by molar-refractivity contribution is 0.421. The fraction of sp³-hybridized carbons (Fsp3) is 0.250. The Bertz CT molecular complexity index is 476. The summed E-state index contributed by atoms with van der Waals surface area (Å²) >= 11 is 5.84. The smallest absolute Gasteiger partial charge is 0.170 e. The van der Waals surface area contributed by atoms with Crippen molar-refractivity contribution in [3.63, 3.8) is 0 Å². The first-order chi connectivity index (χ1) is 7.72. The number of benzene rings is 1. The summed E-state index contributed by atoms with van der Waals surface area (Å²) in [5.74, 6) is 0.807.